The van der Waals surface area contributed by atoms with E-state index in [4.69, 9.17) is 9.84 Å². The molecule has 1 fully saturated rings. The van der Waals surface area contributed by atoms with E-state index in [9.17, 15) is 14.7 Å². The molecule has 0 aliphatic heterocycles. The number of allylic oxidation sites excluding steroid dienone is 3. The second-order valence-electron chi connectivity index (χ2n) is 8.58. The van der Waals surface area contributed by atoms with Crippen LogP contribution in [0.15, 0.2) is 23.3 Å². The molecule has 0 heterocycles. The van der Waals surface area contributed by atoms with Crippen LogP contribution in [0.5, 0.6) is 0 Å². The number of hydrogen-bond donors (Lipinski definition) is 2. The summed E-state index contributed by atoms with van der Waals surface area (Å²) in [6, 6.07) is 0. The first-order chi connectivity index (χ1) is 13.4. The number of ether oxygens (including phenoxy) is 1. The van der Waals surface area contributed by atoms with E-state index >= 15 is 0 Å². The molecular weight excluding hydrogens is 356 g/mol. The average Bonchev–Trinajstić information content (AvgIpc) is 3.13. The van der Waals surface area contributed by atoms with Gasteiger partial charge in [0.2, 0.25) is 0 Å². The maximum atomic E-state index is 12.7. The lowest BCUT2D eigenvalue weighted by Crippen LogP contribution is -2.28. The molecule has 4 atom stereocenters. The predicted octanol–water partition coefficient (Wildman–Crippen LogP) is 4.30. The Kier molecular flexibility index (Phi) is 9.39. The van der Waals surface area contributed by atoms with E-state index < -0.39 is 12.1 Å². The van der Waals surface area contributed by atoms with Crippen LogP contribution in [-0.2, 0) is 14.3 Å². The van der Waals surface area contributed by atoms with E-state index in [2.05, 4.69) is 26.0 Å². The van der Waals surface area contributed by atoms with E-state index in [-0.39, 0.29) is 30.1 Å². The number of unbranched alkanes of at least 4 members (excludes halogenated alkanes) is 4. The molecule has 0 aromatic heterocycles. The highest BCUT2D eigenvalue weighted by Crippen LogP contribution is 2.48. The highest BCUT2D eigenvalue weighted by Gasteiger charge is 2.47. The van der Waals surface area contributed by atoms with Gasteiger partial charge in [-0.15, -0.1) is 0 Å². The molecule has 0 amide bonds. The van der Waals surface area contributed by atoms with E-state index in [1.54, 1.807) is 0 Å². The first kappa shape index (κ1) is 22.8. The van der Waals surface area contributed by atoms with Crippen LogP contribution in [0, 0.1) is 17.8 Å². The Balaban J connectivity index is 1.69. The summed E-state index contributed by atoms with van der Waals surface area (Å²) < 4.78 is 5.12. The fourth-order valence-corrected chi connectivity index (χ4v) is 4.65. The van der Waals surface area contributed by atoms with Crippen LogP contribution < -0.4 is 0 Å². The summed E-state index contributed by atoms with van der Waals surface area (Å²) in [7, 11) is 0. The fourth-order valence-electron chi connectivity index (χ4n) is 4.65. The Morgan fingerprint density at radius 3 is 2.68 bits per heavy atom. The Hall–Kier alpha value is -1.46. The highest BCUT2D eigenvalue weighted by atomic mass is 16.5. The molecule has 2 N–H and O–H groups in total. The van der Waals surface area contributed by atoms with Crippen LogP contribution in [-0.4, -0.2) is 41.3 Å². The molecule has 5 heteroatoms. The van der Waals surface area contributed by atoms with Gasteiger partial charge in [0.1, 0.15) is 12.4 Å². The lowest BCUT2D eigenvalue weighted by molar-refractivity contribution is -0.142. The van der Waals surface area contributed by atoms with Crippen LogP contribution in [0.2, 0.25) is 0 Å². The van der Waals surface area contributed by atoms with Gasteiger partial charge in [0.25, 0.3) is 0 Å². The molecule has 158 valence electrons. The largest absolute Gasteiger partial charge is 0.480 e. The van der Waals surface area contributed by atoms with Gasteiger partial charge in [-0.2, -0.15) is 0 Å². The number of aliphatic hydroxyl groups is 1. The average molecular weight is 393 g/mol. The molecule has 0 bridgehead atoms. The summed E-state index contributed by atoms with van der Waals surface area (Å²) in [6.45, 7) is 4.36. The molecular formula is C23H36O5. The number of carbonyl (C=O) groups excluding carboxylic acids is 1. The number of carbonyl (C=O) groups is 2. The van der Waals surface area contributed by atoms with Crippen LogP contribution in [0.25, 0.3) is 0 Å². The van der Waals surface area contributed by atoms with E-state index in [0.717, 1.165) is 32.1 Å². The van der Waals surface area contributed by atoms with Crippen molar-refractivity contribution in [2.45, 2.75) is 77.7 Å². The zero-order chi connectivity index (χ0) is 20.5. The Morgan fingerprint density at radius 1 is 1.21 bits per heavy atom. The molecule has 0 spiro atoms. The van der Waals surface area contributed by atoms with E-state index in [0.29, 0.717) is 25.9 Å². The first-order valence-electron chi connectivity index (χ1n) is 10.7. The molecule has 1 saturated carbocycles. The minimum Gasteiger partial charge on any atom is -0.480 e. The summed E-state index contributed by atoms with van der Waals surface area (Å²) in [4.78, 5) is 23.2. The standard InChI is InChI=1S/C23H36O5/c1-16(2)8-6-4-3-5-7-9-20(24)23-19-13-17(10-11-28-15-22(26)27)12-18(19)14-21(23)25/h8,12,18-19,21,23,25H,3-7,9-11,13-15H2,1-2H3,(H,26,27)/t18-,19-,21+,23-/m1/s1. The van der Waals surface area contributed by atoms with E-state index in [1.807, 2.05) is 0 Å². The normalized spacial score (nSPS) is 26.0. The summed E-state index contributed by atoms with van der Waals surface area (Å²) in [5, 5.41) is 19.0. The van der Waals surface area contributed by atoms with Gasteiger partial charge in [-0.3, -0.25) is 4.79 Å². The maximum absolute atomic E-state index is 12.7. The lowest BCUT2D eigenvalue weighted by Gasteiger charge is -2.20. The van der Waals surface area contributed by atoms with Gasteiger partial charge < -0.3 is 14.9 Å². The highest BCUT2D eigenvalue weighted by molar-refractivity contribution is 5.82. The van der Waals surface area contributed by atoms with Crippen LogP contribution in [0.1, 0.15) is 71.6 Å². The summed E-state index contributed by atoms with van der Waals surface area (Å²) >= 11 is 0. The second-order valence-corrected chi connectivity index (χ2v) is 8.58. The zero-order valence-electron chi connectivity index (χ0n) is 17.4. The molecule has 0 unspecified atom stereocenters. The van der Waals surface area contributed by atoms with Crippen molar-refractivity contribution in [3.05, 3.63) is 23.3 Å². The van der Waals surface area contributed by atoms with Gasteiger partial charge in [-0.05, 0) is 64.2 Å². The fraction of sp³-hybridized carbons (Fsp3) is 0.739. The Bertz CT molecular complexity index is 588. The van der Waals surface area contributed by atoms with E-state index in [1.165, 1.54) is 17.6 Å². The number of aliphatic hydroxyl groups excluding tert-OH is 1. The van der Waals surface area contributed by atoms with Crippen LogP contribution in [0.3, 0.4) is 0 Å². The monoisotopic (exact) mass is 392 g/mol. The molecule has 0 aromatic carbocycles. The van der Waals surface area contributed by atoms with Crippen molar-refractivity contribution < 1.29 is 24.5 Å². The van der Waals surface area contributed by atoms with Crippen molar-refractivity contribution in [1.82, 2.24) is 0 Å². The predicted molar refractivity (Wildman–Crippen MR) is 109 cm³/mol. The zero-order valence-corrected chi connectivity index (χ0v) is 17.4. The molecule has 5 nitrogen and oxygen atoms in total. The summed E-state index contributed by atoms with van der Waals surface area (Å²) in [5.74, 6) is -0.467. The molecule has 2 aliphatic rings. The summed E-state index contributed by atoms with van der Waals surface area (Å²) in [5.41, 5.74) is 2.60. The van der Waals surface area contributed by atoms with Crippen molar-refractivity contribution in [2.24, 2.45) is 17.8 Å². The third-order valence-corrected chi connectivity index (χ3v) is 5.98. The SMILES string of the molecule is CC(C)=CCCCCCCC(=O)[C@H]1[C@@H]2CC(CCOCC(=O)O)=C[C@@H]2C[C@@H]1O. The number of carboxylic acids is 1. The van der Waals surface area contributed by atoms with Gasteiger partial charge >= 0.3 is 5.97 Å². The summed E-state index contributed by atoms with van der Waals surface area (Å²) in [6.07, 6.45) is 12.2. The Morgan fingerprint density at radius 2 is 1.96 bits per heavy atom. The number of rotatable bonds is 13. The van der Waals surface area contributed by atoms with Crippen molar-refractivity contribution in [3.63, 3.8) is 0 Å². The molecule has 0 radical (unpaired) electrons. The smallest absolute Gasteiger partial charge is 0.329 e. The van der Waals surface area contributed by atoms with Crippen molar-refractivity contribution in [2.75, 3.05) is 13.2 Å². The number of aliphatic carboxylic acids is 1. The topological polar surface area (TPSA) is 83.8 Å². The first-order valence-corrected chi connectivity index (χ1v) is 10.7. The number of ketones is 1. The van der Waals surface area contributed by atoms with Crippen molar-refractivity contribution in [3.8, 4) is 0 Å². The van der Waals surface area contributed by atoms with Gasteiger partial charge in [0.15, 0.2) is 0 Å². The number of fused-ring (bicyclic) bond motifs is 1. The number of Topliss-reactive ketones (excluding diaryl/α,β-unsaturated/α-hetero) is 1. The third-order valence-electron chi connectivity index (χ3n) is 5.98. The van der Waals surface area contributed by atoms with Crippen LogP contribution >= 0.6 is 0 Å². The van der Waals surface area contributed by atoms with Crippen molar-refractivity contribution >= 4 is 11.8 Å². The Labute approximate surface area is 168 Å². The van der Waals surface area contributed by atoms with Gasteiger partial charge in [-0.25, -0.2) is 4.79 Å². The maximum Gasteiger partial charge on any atom is 0.329 e. The molecule has 2 rings (SSSR count). The van der Waals surface area contributed by atoms with Gasteiger partial charge in [-0.1, -0.05) is 36.1 Å². The third kappa shape index (κ3) is 7.17. The molecule has 28 heavy (non-hydrogen) atoms. The minimum atomic E-state index is -0.956. The number of hydrogen-bond acceptors (Lipinski definition) is 4. The van der Waals surface area contributed by atoms with Crippen LogP contribution in [0.4, 0.5) is 0 Å². The van der Waals surface area contributed by atoms with Crippen molar-refractivity contribution in [1.29, 1.82) is 0 Å². The number of carboxylic acid groups (broad SMARTS) is 1. The van der Waals surface area contributed by atoms with Gasteiger partial charge in [0, 0.05) is 12.3 Å². The van der Waals surface area contributed by atoms with Gasteiger partial charge in [0.05, 0.1) is 12.7 Å². The quantitative estimate of drug-likeness (QED) is 0.361. The lowest BCUT2D eigenvalue weighted by atomic mass is 9.84. The minimum absolute atomic E-state index is 0.217. The molecule has 2 aliphatic carbocycles. The second kappa shape index (κ2) is 11.5. The molecule has 0 aromatic rings. The molecule has 0 saturated heterocycles.